The van der Waals surface area contributed by atoms with E-state index in [1.807, 2.05) is 0 Å². The second kappa shape index (κ2) is 5.57. The van der Waals surface area contributed by atoms with Crippen LogP contribution in [-0.2, 0) is 4.79 Å². The predicted molar refractivity (Wildman–Crippen MR) is 73.2 cm³/mol. The fraction of sp³-hybridized carbons (Fsp3) is 0.929. The Morgan fingerprint density at radius 2 is 2.22 bits per heavy atom. The standard InChI is InChI=1S/C14H27N3O/c1-11-5-3-4-7-14(11,10-15)16-13(18)12-6-8-17(2)9-12/h11-12H,3-10,15H2,1-2H3,(H,16,18). The molecule has 1 saturated heterocycles. The SMILES string of the molecule is CC1CCCCC1(CN)NC(=O)C1CCN(C)C1. The number of nitrogens with zero attached hydrogens (tertiary/aromatic N) is 1. The number of likely N-dealkylation sites (tertiary alicyclic amines) is 1. The van der Waals surface area contributed by atoms with E-state index >= 15 is 0 Å². The average molecular weight is 253 g/mol. The molecule has 1 aliphatic heterocycles. The summed E-state index contributed by atoms with van der Waals surface area (Å²) < 4.78 is 0. The Bertz CT molecular complexity index is 307. The highest BCUT2D eigenvalue weighted by molar-refractivity contribution is 5.80. The number of carbonyl (C=O) groups excluding carboxylic acids is 1. The fourth-order valence-electron chi connectivity index (χ4n) is 3.45. The first-order valence-corrected chi connectivity index (χ1v) is 7.28. The number of amides is 1. The third-order valence-corrected chi connectivity index (χ3v) is 4.95. The van der Waals surface area contributed by atoms with Crippen LogP contribution in [0.5, 0.6) is 0 Å². The number of hydrogen-bond acceptors (Lipinski definition) is 3. The Labute approximate surface area is 110 Å². The van der Waals surface area contributed by atoms with E-state index in [1.165, 1.54) is 19.3 Å². The lowest BCUT2D eigenvalue weighted by Crippen LogP contribution is -2.60. The molecule has 1 amide bonds. The van der Waals surface area contributed by atoms with Gasteiger partial charge in [0.1, 0.15) is 0 Å². The van der Waals surface area contributed by atoms with Gasteiger partial charge in [0.2, 0.25) is 5.91 Å². The van der Waals surface area contributed by atoms with Crippen molar-refractivity contribution in [3.63, 3.8) is 0 Å². The van der Waals surface area contributed by atoms with Gasteiger partial charge in [0.15, 0.2) is 0 Å². The number of rotatable bonds is 3. The molecule has 0 radical (unpaired) electrons. The quantitative estimate of drug-likeness (QED) is 0.788. The van der Waals surface area contributed by atoms with Gasteiger partial charge in [-0.1, -0.05) is 19.8 Å². The minimum absolute atomic E-state index is 0.142. The van der Waals surface area contributed by atoms with Gasteiger partial charge < -0.3 is 16.0 Å². The van der Waals surface area contributed by atoms with Crippen molar-refractivity contribution in [3.8, 4) is 0 Å². The summed E-state index contributed by atoms with van der Waals surface area (Å²) >= 11 is 0. The van der Waals surface area contributed by atoms with Crippen LogP contribution in [0.3, 0.4) is 0 Å². The molecular weight excluding hydrogens is 226 g/mol. The van der Waals surface area contributed by atoms with Gasteiger partial charge in [0.05, 0.1) is 11.5 Å². The van der Waals surface area contributed by atoms with Crippen LogP contribution in [0.25, 0.3) is 0 Å². The molecule has 0 spiro atoms. The van der Waals surface area contributed by atoms with Crippen LogP contribution in [-0.4, -0.2) is 43.0 Å². The Balaban J connectivity index is 1.99. The van der Waals surface area contributed by atoms with Crippen molar-refractivity contribution in [3.05, 3.63) is 0 Å². The minimum Gasteiger partial charge on any atom is -0.349 e. The summed E-state index contributed by atoms with van der Waals surface area (Å²) in [7, 11) is 2.08. The summed E-state index contributed by atoms with van der Waals surface area (Å²) in [6.45, 7) is 4.72. The van der Waals surface area contributed by atoms with Crippen LogP contribution >= 0.6 is 0 Å². The summed E-state index contributed by atoms with van der Waals surface area (Å²) in [6.07, 6.45) is 5.66. The van der Waals surface area contributed by atoms with Crippen LogP contribution < -0.4 is 11.1 Å². The van der Waals surface area contributed by atoms with Crippen molar-refractivity contribution >= 4 is 5.91 Å². The van der Waals surface area contributed by atoms with Gasteiger partial charge in [0.25, 0.3) is 0 Å². The van der Waals surface area contributed by atoms with Crippen LogP contribution in [0.2, 0.25) is 0 Å². The van der Waals surface area contributed by atoms with E-state index in [2.05, 4.69) is 24.2 Å². The third kappa shape index (κ3) is 2.69. The topological polar surface area (TPSA) is 58.4 Å². The fourth-order valence-corrected chi connectivity index (χ4v) is 3.45. The molecule has 2 fully saturated rings. The van der Waals surface area contributed by atoms with Gasteiger partial charge >= 0.3 is 0 Å². The monoisotopic (exact) mass is 253 g/mol. The van der Waals surface area contributed by atoms with Crippen molar-refractivity contribution in [2.75, 3.05) is 26.7 Å². The first-order chi connectivity index (χ1) is 8.57. The molecule has 3 N–H and O–H groups in total. The van der Waals surface area contributed by atoms with E-state index < -0.39 is 0 Å². The number of nitrogens with one attached hydrogen (secondary N) is 1. The van der Waals surface area contributed by atoms with E-state index in [9.17, 15) is 4.79 Å². The Hall–Kier alpha value is -0.610. The molecule has 0 aromatic rings. The lowest BCUT2D eigenvalue weighted by Gasteiger charge is -2.43. The molecular formula is C14H27N3O. The highest BCUT2D eigenvalue weighted by Gasteiger charge is 2.40. The lowest BCUT2D eigenvalue weighted by molar-refractivity contribution is -0.127. The molecule has 18 heavy (non-hydrogen) atoms. The molecule has 2 aliphatic rings. The average Bonchev–Trinajstić information content (AvgIpc) is 2.79. The molecule has 1 saturated carbocycles. The molecule has 3 atom stereocenters. The van der Waals surface area contributed by atoms with Crippen LogP contribution in [0.4, 0.5) is 0 Å². The van der Waals surface area contributed by atoms with Crippen LogP contribution in [0, 0.1) is 11.8 Å². The Kier molecular flexibility index (Phi) is 4.28. The molecule has 4 heteroatoms. The van der Waals surface area contributed by atoms with Crippen molar-refractivity contribution in [2.45, 2.75) is 44.6 Å². The molecule has 4 nitrogen and oxygen atoms in total. The Morgan fingerprint density at radius 3 is 2.78 bits per heavy atom. The predicted octanol–water partition coefficient (Wildman–Crippen LogP) is 0.962. The summed E-state index contributed by atoms with van der Waals surface area (Å²) in [6, 6.07) is 0. The summed E-state index contributed by atoms with van der Waals surface area (Å²) in [5.41, 5.74) is 5.84. The zero-order valence-electron chi connectivity index (χ0n) is 11.7. The summed E-state index contributed by atoms with van der Waals surface area (Å²) in [5.74, 6) is 0.880. The molecule has 3 unspecified atom stereocenters. The second-order valence-corrected chi connectivity index (χ2v) is 6.24. The van der Waals surface area contributed by atoms with Crippen molar-refractivity contribution in [2.24, 2.45) is 17.6 Å². The van der Waals surface area contributed by atoms with Crippen LogP contribution in [0.1, 0.15) is 39.0 Å². The molecule has 0 bridgehead atoms. The molecule has 0 aromatic heterocycles. The minimum atomic E-state index is -0.142. The highest BCUT2D eigenvalue weighted by atomic mass is 16.2. The van der Waals surface area contributed by atoms with Gasteiger partial charge in [-0.2, -0.15) is 0 Å². The van der Waals surface area contributed by atoms with Gasteiger partial charge in [0, 0.05) is 13.1 Å². The summed E-state index contributed by atoms with van der Waals surface area (Å²) in [5, 5.41) is 3.30. The molecule has 1 heterocycles. The number of hydrogen-bond donors (Lipinski definition) is 2. The molecule has 104 valence electrons. The largest absolute Gasteiger partial charge is 0.349 e. The summed E-state index contributed by atoms with van der Waals surface area (Å²) in [4.78, 5) is 14.6. The van der Waals surface area contributed by atoms with Gasteiger partial charge in [-0.15, -0.1) is 0 Å². The normalized spacial score (nSPS) is 37.7. The maximum absolute atomic E-state index is 12.4. The van der Waals surface area contributed by atoms with E-state index in [0.717, 1.165) is 25.9 Å². The van der Waals surface area contributed by atoms with E-state index in [-0.39, 0.29) is 17.4 Å². The van der Waals surface area contributed by atoms with Crippen molar-refractivity contribution in [1.82, 2.24) is 10.2 Å². The molecule has 0 aromatic carbocycles. The lowest BCUT2D eigenvalue weighted by atomic mass is 9.73. The maximum atomic E-state index is 12.4. The molecule has 1 aliphatic carbocycles. The van der Waals surface area contributed by atoms with Crippen molar-refractivity contribution in [1.29, 1.82) is 0 Å². The number of nitrogens with two attached hydrogens (primary N) is 1. The van der Waals surface area contributed by atoms with Gasteiger partial charge in [-0.25, -0.2) is 0 Å². The molecule has 2 rings (SSSR count). The third-order valence-electron chi connectivity index (χ3n) is 4.95. The van der Waals surface area contributed by atoms with Gasteiger partial charge in [-0.05, 0) is 38.8 Å². The smallest absolute Gasteiger partial charge is 0.224 e. The maximum Gasteiger partial charge on any atom is 0.224 e. The van der Waals surface area contributed by atoms with E-state index in [0.29, 0.717) is 12.5 Å². The van der Waals surface area contributed by atoms with E-state index in [4.69, 9.17) is 5.73 Å². The zero-order chi connectivity index (χ0) is 13.2. The zero-order valence-corrected chi connectivity index (χ0v) is 11.7. The van der Waals surface area contributed by atoms with Crippen molar-refractivity contribution < 1.29 is 4.79 Å². The van der Waals surface area contributed by atoms with E-state index in [1.54, 1.807) is 0 Å². The number of carbonyl (C=O) groups is 1. The highest BCUT2D eigenvalue weighted by Crippen LogP contribution is 2.33. The Morgan fingerprint density at radius 1 is 1.44 bits per heavy atom. The first-order valence-electron chi connectivity index (χ1n) is 7.28. The van der Waals surface area contributed by atoms with Gasteiger partial charge in [-0.3, -0.25) is 4.79 Å². The van der Waals surface area contributed by atoms with Crippen LogP contribution in [0.15, 0.2) is 0 Å². The second-order valence-electron chi connectivity index (χ2n) is 6.24. The first kappa shape index (κ1) is 13.8.